The molecule has 96 valence electrons. The molecule has 18 heavy (non-hydrogen) atoms. The van der Waals surface area contributed by atoms with Gasteiger partial charge in [-0.1, -0.05) is 6.92 Å². The van der Waals surface area contributed by atoms with Crippen LogP contribution in [-0.2, 0) is 6.61 Å². The molecule has 0 spiro atoms. The van der Waals surface area contributed by atoms with Crippen molar-refractivity contribution in [2.24, 2.45) is 0 Å². The zero-order valence-corrected chi connectivity index (χ0v) is 10.6. The minimum atomic E-state index is 0.372. The third-order valence-electron chi connectivity index (χ3n) is 2.31. The maximum atomic E-state index is 5.57. The molecule has 0 atom stereocenters. The molecule has 0 aliphatic heterocycles. The number of aryl methyl sites for hydroxylation is 1. The maximum Gasteiger partial charge on any atom is 0.226 e. The Bertz CT molecular complexity index is 483. The molecule has 2 heterocycles. The zero-order valence-electron chi connectivity index (χ0n) is 10.6. The first-order valence-corrected chi connectivity index (χ1v) is 6.02. The van der Waals surface area contributed by atoms with Gasteiger partial charge in [-0.3, -0.25) is 0 Å². The van der Waals surface area contributed by atoms with E-state index in [1.807, 2.05) is 19.1 Å². The Hall–Kier alpha value is -2.04. The molecular weight excluding hydrogens is 230 g/mol. The van der Waals surface area contributed by atoms with Gasteiger partial charge in [0.15, 0.2) is 0 Å². The molecule has 2 aromatic heterocycles. The largest absolute Gasteiger partial charge is 0.469 e. The van der Waals surface area contributed by atoms with Gasteiger partial charge < -0.3 is 14.5 Å². The molecule has 0 bridgehead atoms. The molecule has 5 heteroatoms. The Labute approximate surface area is 106 Å². The summed E-state index contributed by atoms with van der Waals surface area (Å²) in [5.41, 5.74) is 0.873. The van der Waals surface area contributed by atoms with E-state index in [0.29, 0.717) is 18.4 Å². The van der Waals surface area contributed by atoms with E-state index in [4.69, 9.17) is 9.15 Å². The molecular formula is C13H17N3O2. The fourth-order valence-corrected chi connectivity index (χ4v) is 1.47. The quantitative estimate of drug-likeness (QED) is 0.850. The number of rotatable bonds is 6. The molecule has 0 unspecified atom stereocenters. The van der Waals surface area contributed by atoms with E-state index in [1.54, 1.807) is 12.3 Å². The Morgan fingerprint density at radius 3 is 3.00 bits per heavy atom. The number of nitrogens with one attached hydrogen (secondary N) is 1. The summed E-state index contributed by atoms with van der Waals surface area (Å²) in [7, 11) is 0. The van der Waals surface area contributed by atoms with Crippen molar-refractivity contribution in [1.82, 2.24) is 9.97 Å². The summed E-state index contributed by atoms with van der Waals surface area (Å²) >= 11 is 0. The van der Waals surface area contributed by atoms with Crippen LogP contribution in [0.15, 0.2) is 28.9 Å². The highest BCUT2D eigenvalue weighted by Crippen LogP contribution is 2.14. The van der Waals surface area contributed by atoms with Crippen molar-refractivity contribution < 1.29 is 9.15 Å². The van der Waals surface area contributed by atoms with E-state index in [2.05, 4.69) is 22.2 Å². The topological polar surface area (TPSA) is 60.2 Å². The summed E-state index contributed by atoms with van der Waals surface area (Å²) in [6, 6.07) is 5.50. The smallest absolute Gasteiger partial charge is 0.226 e. The Kier molecular flexibility index (Phi) is 4.17. The van der Waals surface area contributed by atoms with E-state index in [0.717, 1.165) is 24.4 Å². The zero-order chi connectivity index (χ0) is 12.8. The normalized spacial score (nSPS) is 10.3. The second kappa shape index (κ2) is 6.05. The van der Waals surface area contributed by atoms with E-state index >= 15 is 0 Å². The van der Waals surface area contributed by atoms with Crippen molar-refractivity contribution in [3.05, 3.63) is 35.9 Å². The molecule has 0 fully saturated rings. The lowest BCUT2D eigenvalue weighted by molar-refractivity contribution is 0.260. The SMILES string of the molecule is CCCNc1nc(C)cc(OCc2ccco2)n1. The Morgan fingerprint density at radius 1 is 1.39 bits per heavy atom. The summed E-state index contributed by atoms with van der Waals surface area (Å²) in [6.07, 6.45) is 2.65. The number of ether oxygens (including phenoxy) is 1. The molecule has 0 saturated carbocycles. The number of nitrogens with zero attached hydrogens (tertiary/aromatic N) is 2. The predicted octanol–water partition coefficient (Wildman–Crippen LogP) is 2.78. The van der Waals surface area contributed by atoms with Gasteiger partial charge in [0.25, 0.3) is 0 Å². The van der Waals surface area contributed by atoms with Crippen molar-refractivity contribution in [2.75, 3.05) is 11.9 Å². The second-order valence-corrected chi connectivity index (χ2v) is 3.97. The number of furan rings is 1. The number of anilines is 1. The molecule has 0 aliphatic carbocycles. The van der Waals surface area contributed by atoms with Crippen LogP contribution in [0, 0.1) is 6.92 Å². The Balaban J connectivity index is 2.00. The van der Waals surface area contributed by atoms with Crippen molar-refractivity contribution in [1.29, 1.82) is 0 Å². The Morgan fingerprint density at radius 2 is 2.28 bits per heavy atom. The second-order valence-electron chi connectivity index (χ2n) is 3.97. The van der Waals surface area contributed by atoms with Crippen LogP contribution in [0.4, 0.5) is 5.95 Å². The average molecular weight is 247 g/mol. The van der Waals surface area contributed by atoms with Crippen molar-refractivity contribution in [2.45, 2.75) is 26.9 Å². The number of hydrogen-bond acceptors (Lipinski definition) is 5. The van der Waals surface area contributed by atoms with Crippen LogP contribution in [-0.4, -0.2) is 16.5 Å². The average Bonchev–Trinajstić information content (AvgIpc) is 2.86. The van der Waals surface area contributed by atoms with Gasteiger partial charge in [0, 0.05) is 18.3 Å². The van der Waals surface area contributed by atoms with Gasteiger partial charge in [0.05, 0.1) is 6.26 Å². The van der Waals surface area contributed by atoms with Gasteiger partial charge in [0.1, 0.15) is 12.4 Å². The fourth-order valence-electron chi connectivity index (χ4n) is 1.47. The minimum absolute atomic E-state index is 0.372. The first kappa shape index (κ1) is 12.4. The van der Waals surface area contributed by atoms with Crippen molar-refractivity contribution in [3.8, 4) is 5.88 Å². The molecule has 0 aromatic carbocycles. The third kappa shape index (κ3) is 3.48. The lowest BCUT2D eigenvalue weighted by Gasteiger charge is -2.07. The molecule has 1 N–H and O–H groups in total. The number of hydrogen-bond donors (Lipinski definition) is 1. The van der Waals surface area contributed by atoms with Gasteiger partial charge in [0.2, 0.25) is 11.8 Å². The van der Waals surface area contributed by atoms with Gasteiger partial charge in [-0.2, -0.15) is 4.98 Å². The van der Waals surface area contributed by atoms with Gasteiger partial charge >= 0.3 is 0 Å². The highest BCUT2D eigenvalue weighted by molar-refractivity contribution is 5.30. The van der Waals surface area contributed by atoms with E-state index in [-0.39, 0.29) is 0 Å². The van der Waals surface area contributed by atoms with Gasteiger partial charge in [-0.05, 0) is 25.5 Å². The standard InChI is InChI=1S/C13H17N3O2/c1-3-6-14-13-15-10(2)8-12(16-13)18-9-11-5-4-7-17-11/h4-5,7-8H,3,6,9H2,1-2H3,(H,14,15,16). The molecule has 5 nitrogen and oxygen atoms in total. The predicted molar refractivity (Wildman–Crippen MR) is 68.6 cm³/mol. The maximum absolute atomic E-state index is 5.57. The molecule has 0 aliphatic rings. The molecule has 2 aromatic rings. The first-order valence-electron chi connectivity index (χ1n) is 6.02. The van der Waals surface area contributed by atoms with E-state index < -0.39 is 0 Å². The van der Waals surface area contributed by atoms with Crippen molar-refractivity contribution in [3.63, 3.8) is 0 Å². The molecule has 0 saturated heterocycles. The van der Waals surface area contributed by atoms with E-state index in [9.17, 15) is 0 Å². The van der Waals surface area contributed by atoms with Crippen LogP contribution in [0.25, 0.3) is 0 Å². The third-order valence-corrected chi connectivity index (χ3v) is 2.31. The summed E-state index contributed by atoms with van der Waals surface area (Å²) in [5.74, 6) is 1.93. The van der Waals surface area contributed by atoms with Crippen LogP contribution in [0.1, 0.15) is 24.8 Å². The summed E-state index contributed by atoms with van der Waals surface area (Å²) in [5, 5.41) is 3.14. The van der Waals surface area contributed by atoms with Crippen LogP contribution >= 0.6 is 0 Å². The lowest BCUT2D eigenvalue weighted by Crippen LogP contribution is -2.06. The van der Waals surface area contributed by atoms with Gasteiger partial charge in [-0.15, -0.1) is 0 Å². The summed E-state index contributed by atoms with van der Waals surface area (Å²) in [4.78, 5) is 8.58. The van der Waals surface area contributed by atoms with Crippen LogP contribution < -0.4 is 10.1 Å². The van der Waals surface area contributed by atoms with E-state index in [1.165, 1.54) is 0 Å². The fraction of sp³-hybridized carbons (Fsp3) is 0.385. The lowest BCUT2D eigenvalue weighted by atomic mass is 10.4. The first-order chi connectivity index (χ1) is 8.78. The highest BCUT2D eigenvalue weighted by Gasteiger charge is 2.04. The number of aromatic nitrogens is 2. The van der Waals surface area contributed by atoms with Crippen LogP contribution in [0.3, 0.4) is 0 Å². The molecule has 0 amide bonds. The molecule has 0 radical (unpaired) electrons. The monoisotopic (exact) mass is 247 g/mol. The van der Waals surface area contributed by atoms with Crippen LogP contribution in [0.2, 0.25) is 0 Å². The van der Waals surface area contributed by atoms with Gasteiger partial charge in [-0.25, -0.2) is 4.98 Å². The summed E-state index contributed by atoms with van der Waals surface area (Å²) in [6.45, 7) is 5.23. The highest BCUT2D eigenvalue weighted by atomic mass is 16.5. The molecule has 2 rings (SSSR count). The minimum Gasteiger partial charge on any atom is -0.469 e. The summed E-state index contributed by atoms with van der Waals surface area (Å²) < 4.78 is 10.8. The van der Waals surface area contributed by atoms with Crippen molar-refractivity contribution >= 4 is 5.95 Å². The van der Waals surface area contributed by atoms with Crippen LogP contribution in [0.5, 0.6) is 5.88 Å².